The van der Waals surface area contributed by atoms with E-state index < -0.39 is 4.92 Å². The van der Waals surface area contributed by atoms with Crippen molar-refractivity contribution in [1.82, 2.24) is 0 Å². The fraction of sp³-hybridized carbons (Fsp3) is 0.364. The number of carbonyl (C=O) groups is 1. The highest BCUT2D eigenvalue weighted by Gasteiger charge is 2.35. The maximum Gasteiger partial charge on any atom is 0.295 e. The quantitative estimate of drug-likeness (QED) is 0.631. The molecule has 0 bridgehead atoms. The smallest absolute Gasteiger partial charge is 0.295 e. The Morgan fingerprint density at radius 1 is 1.47 bits per heavy atom. The van der Waals surface area contributed by atoms with Crippen molar-refractivity contribution >= 4 is 49.1 Å². The molecule has 1 heterocycles. The van der Waals surface area contributed by atoms with Gasteiger partial charge in [0.25, 0.3) is 5.69 Å². The summed E-state index contributed by atoms with van der Waals surface area (Å²) in [6.45, 7) is 0.806. The van der Waals surface area contributed by atoms with Crippen molar-refractivity contribution in [1.29, 1.82) is 0 Å². The van der Waals surface area contributed by atoms with Gasteiger partial charge in [0.05, 0.1) is 4.92 Å². The number of amides is 1. The van der Waals surface area contributed by atoms with Crippen molar-refractivity contribution in [2.75, 3.05) is 18.0 Å². The third-order valence-corrected chi connectivity index (χ3v) is 4.08. The molecule has 1 saturated heterocycles. The molecule has 1 atom stereocenters. The van der Waals surface area contributed by atoms with E-state index >= 15 is 0 Å². The molecule has 102 valence electrons. The molecule has 0 saturated carbocycles. The number of hydrogen-bond donors (Lipinski definition) is 1. The summed E-state index contributed by atoms with van der Waals surface area (Å²) in [5, 5.41) is 11.1. The van der Waals surface area contributed by atoms with Gasteiger partial charge in [0.15, 0.2) is 0 Å². The highest BCUT2D eigenvalue weighted by Crippen LogP contribution is 2.40. The van der Waals surface area contributed by atoms with Gasteiger partial charge in [0, 0.05) is 28.0 Å². The zero-order valence-corrected chi connectivity index (χ0v) is 13.0. The van der Waals surface area contributed by atoms with E-state index in [1.807, 2.05) is 0 Å². The molecule has 0 radical (unpaired) electrons. The second-order valence-electron chi connectivity index (χ2n) is 4.32. The van der Waals surface area contributed by atoms with E-state index in [1.54, 1.807) is 6.07 Å². The van der Waals surface area contributed by atoms with Crippen LogP contribution in [0, 0.1) is 16.0 Å². The first-order valence-corrected chi connectivity index (χ1v) is 7.16. The van der Waals surface area contributed by atoms with Crippen LogP contribution >= 0.6 is 31.9 Å². The first-order chi connectivity index (χ1) is 8.93. The molecule has 0 aliphatic carbocycles. The lowest BCUT2D eigenvalue weighted by Gasteiger charge is -2.18. The van der Waals surface area contributed by atoms with Gasteiger partial charge in [-0.2, -0.15) is 0 Å². The summed E-state index contributed by atoms with van der Waals surface area (Å²) >= 11 is 6.49. The number of nitrogens with zero attached hydrogens (tertiary/aromatic N) is 2. The summed E-state index contributed by atoms with van der Waals surface area (Å²) < 4.78 is 1.09. The van der Waals surface area contributed by atoms with Crippen LogP contribution in [0.3, 0.4) is 0 Å². The van der Waals surface area contributed by atoms with Gasteiger partial charge < -0.3 is 10.6 Å². The number of anilines is 1. The van der Waals surface area contributed by atoms with Crippen molar-refractivity contribution in [3.63, 3.8) is 0 Å². The van der Waals surface area contributed by atoms with Gasteiger partial charge in [-0.1, -0.05) is 15.9 Å². The Morgan fingerprint density at radius 2 is 2.16 bits per heavy atom. The molecule has 6 nitrogen and oxygen atoms in total. The van der Waals surface area contributed by atoms with Crippen LogP contribution in [0.4, 0.5) is 11.4 Å². The minimum atomic E-state index is -0.492. The van der Waals surface area contributed by atoms with Gasteiger partial charge in [-0.15, -0.1) is 0 Å². The van der Waals surface area contributed by atoms with Crippen molar-refractivity contribution < 1.29 is 9.72 Å². The second kappa shape index (κ2) is 5.56. The summed E-state index contributed by atoms with van der Waals surface area (Å²) in [6, 6.07) is 3.08. The molecule has 0 spiro atoms. The van der Waals surface area contributed by atoms with Gasteiger partial charge in [0.2, 0.25) is 5.91 Å². The van der Waals surface area contributed by atoms with E-state index in [-0.39, 0.29) is 17.5 Å². The normalized spacial score (nSPS) is 19.0. The largest absolute Gasteiger partial charge is 0.330 e. The SMILES string of the molecule is NCC1CC(=O)N(c2c(Br)cc(Br)cc2[N+](=O)[O-])C1. The summed E-state index contributed by atoms with van der Waals surface area (Å²) in [5.74, 6) is -0.0933. The van der Waals surface area contributed by atoms with E-state index in [2.05, 4.69) is 31.9 Å². The van der Waals surface area contributed by atoms with Crippen LogP contribution in [0.5, 0.6) is 0 Å². The summed E-state index contributed by atoms with van der Waals surface area (Å²) in [7, 11) is 0. The van der Waals surface area contributed by atoms with E-state index in [0.717, 1.165) is 0 Å². The number of nitro groups is 1. The third-order valence-electron chi connectivity index (χ3n) is 3.01. The standard InChI is InChI=1S/C11H11Br2N3O3/c12-7-2-8(13)11(9(3-7)16(18)19)15-5-6(4-14)1-10(15)17/h2-3,6H,1,4-5,14H2. The van der Waals surface area contributed by atoms with Crippen LogP contribution in [0.1, 0.15) is 6.42 Å². The molecular weight excluding hydrogens is 382 g/mol. The monoisotopic (exact) mass is 391 g/mol. The maximum atomic E-state index is 12.0. The predicted molar refractivity (Wildman–Crippen MR) is 78.0 cm³/mol. The fourth-order valence-corrected chi connectivity index (χ4v) is 3.53. The second-order valence-corrected chi connectivity index (χ2v) is 6.09. The number of halogens is 2. The molecular formula is C11H11Br2N3O3. The van der Waals surface area contributed by atoms with Crippen LogP contribution in [0.25, 0.3) is 0 Å². The van der Waals surface area contributed by atoms with Crippen LogP contribution < -0.4 is 10.6 Å². The maximum absolute atomic E-state index is 12.0. The minimum absolute atomic E-state index is 0.0441. The number of nitro benzene ring substituents is 1. The van der Waals surface area contributed by atoms with Crippen molar-refractivity contribution in [2.24, 2.45) is 11.7 Å². The molecule has 1 aromatic rings. The average Bonchev–Trinajstić information content (AvgIpc) is 2.69. The van der Waals surface area contributed by atoms with E-state index in [0.29, 0.717) is 34.1 Å². The highest BCUT2D eigenvalue weighted by atomic mass is 79.9. The Morgan fingerprint density at radius 3 is 2.68 bits per heavy atom. The number of rotatable bonds is 3. The van der Waals surface area contributed by atoms with E-state index in [9.17, 15) is 14.9 Å². The Balaban J connectivity index is 2.50. The van der Waals surface area contributed by atoms with Crippen LogP contribution in [0.15, 0.2) is 21.1 Å². The van der Waals surface area contributed by atoms with Gasteiger partial charge in [-0.25, -0.2) is 0 Å². The Bertz CT molecular complexity index is 550. The van der Waals surface area contributed by atoms with Gasteiger partial charge in [0.1, 0.15) is 5.69 Å². The van der Waals surface area contributed by atoms with Crippen LogP contribution in [0.2, 0.25) is 0 Å². The minimum Gasteiger partial charge on any atom is -0.330 e. The fourth-order valence-electron chi connectivity index (χ4n) is 2.11. The lowest BCUT2D eigenvalue weighted by Crippen LogP contribution is -2.26. The number of nitrogens with two attached hydrogens (primary N) is 1. The lowest BCUT2D eigenvalue weighted by molar-refractivity contribution is -0.384. The number of hydrogen-bond acceptors (Lipinski definition) is 4. The molecule has 1 fully saturated rings. The van der Waals surface area contributed by atoms with Crippen molar-refractivity contribution in [3.05, 3.63) is 31.2 Å². The van der Waals surface area contributed by atoms with Crippen molar-refractivity contribution in [3.8, 4) is 0 Å². The van der Waals surface area contributed by atoms with Gasteiger partial charge >= 0.3 is 0 Å². The molecule has 19 heavy (non-hydrogen) atoms. The van der Waals surface area contributed by atoms with Crippen LogP contribution in [-0.2, 0) is 4.79 Å². The average molecular weight is 393 g/mol. The summed E-state index contributed by atoms with van der Waals surface area (Å²) in [4.78, 5) is 24.1. The summed E-state index contributed by atoms with van der Waals surface area (Å²) in [5.41, 5.74) is 5.76. The molecule has 1 unspecified atom stereocenters. The molecule has 8 heteroatoms. The van der Waals surface area contributed by atoms with E-state index in [1.165, 1.54) is 11.0 Å². The Labute approximate surface area is 126 Å². The third kappa shape index (κ3) is 2.80. The highest BCUT2D eigenvalue weighted by molar-refractivity contribution is 9.11. The van der Waals surface area contributed by atoms with Crippen LogP contribution in [-0.4, -0.2) is 23.9 Å². The topological polar surface area (TPSA) is 89.5 Å². The molecule has 2 rings (SSSR count). The van der Waals surface area contributed by atoms with Crippen molar-refractivity contribution in [2.45, 2.75) is 6.42 Å². The molecule has 1 aromatic carbocycles. The number of benzene rings is 1. The molecule has 1 amide bonds. The Hall–Kier alpha value is -0.990. The molecule has 2 N–H and O–H groups in total. The zero-order valence-electron chi connectivity index (χ0n) is 9.81. The first-order valence-electron chi connectivity index (χ1n) is 5.58. The number of carbonyl (C=O) groups excluding carboxylic acids is 1. The van der Waals surface area contributed by atoms with Gasteiger partial charge in [-0.05, 0) is 34.5 Å². The predicted octanol–water partition coefficient (Wildman–Crippen LogP) is 2.43. The lowest BCUT2D eigenvalue weighted by atomic mass is 10.1. The molecule has 1 aliphatic heterocycles. The summed E-state index contributed by atoms with van der Waals surface area (Å²) in [6.07, 6.45) is 0.330. The molecule has 0 aromatic heterocycles. The van der Waals surface area contributed by atoms with E-state index in [4.69, 9.17) is 5.73 Å². The first kappa shape index (κ1) is 14.4. The van der Waals surface area contributed by atoms with Gasteiger partial charge in [-0.3, -0.25) is 14.9 Å². The zero-order chi connectivity index (χ0) is 14.2. The molecule has 1 aliphatic rings. The Kier molecular flexibility index (Phi) is 4.22.